The van der Waals surface area contributed by atoms with Crippen molar-refractivity contribution < 1.29 is 18.3 Å². The van der Waals surface area contributed by atoms with E-state index >= 15 is 0 Å². The maximum Gasteiger partial charge on any atom is 0.131 e. The van der Waals surface area contributed by atoms with E-state index in [0.717, 1.165) is 18.2 Å². The number of aliphatic hydroxyl groups is 1. The molecule has 19 heavy (non-hydrogen) atoms. The van der Waals surface area contributed by atoms with Crippen LogP contribution in [0.2, 0.25) is 5.02 Å². The maximum absolute atomic E-state index is 13.5. The van der Waals surface area contributed by atoms with Crippen molar-refractivity contribution >= 4 is 11.6 Å². The SMILES string of the molecule is OC(Cc1ccc(F)cc1Cl)c1c(F)cccc1F. The number of rotatable bonds is 3. The van der Waals surface area contributed by atoms with Crippen molar-refractivity contribution in [1.82, 2.24) is 0 Å². The molecule has 100 valence electrons. The lowest BCUT2D eigenvalue weighted by Gasteiger charge is -2.14. The first-order valence-electron chi connectivity index (χ1n) is 5.55. The second-order valence-electron chi connectivity index (χ2n) is 4.09. The standard InChI is InChI=1S/C14H10ClF3O/c15-10-7-9(16)5-4-8(10)6-13(19)14-11(17)2-1-3-12(14)18/h1-5,7,13,19H,6H2. The van der Waals surface area contributed by atoms with Gasteiger partial charge in [0.15, 0.2) is 0 Å². The van der Waals surface area contributed by atoms with Crippen molar-refractivity contribution in [3.8, 4) is 0 Å². The zero-order valence-corrected chi connectivity index (χ0v) is 10.5. The Balaban J connectivity index is 2.28. The largest absolute Gasteiger partial charge is 0.388 e. The fourth-order valence-corrected chi connectivity index (χ4v) is 2.07. The monoisotopic (exact) mass is 286 g/mol. The molecule has 1 unspecified atom stereocenters. The summed E-state index contributed by atoms with van der Waals surface area (Å²) in [5.74, 6) is -2.17. The van der Waals surface area contributed by atoms with Gasteiger partial charge < -0.3 is 5.11 Å². The van der Waals surface area contributed by atoms with Crippen LogP contribution in [0.1, 0.15) is 17.2 Å². The highest BCUT2D eigenvalue weighted by atomic mass is 35.5. The Morgan fingerprint density at radius 2 is 1.68 bits per heavy atom. The normalized spacial score (nSPS) is 12.5. The molecule has 0 saturated heterocycles. The fraction of sp³-hybridized carbons (Fsp3) is 0.143. The summed E-state index contributed by atoms with van der Waals surface area (Å²) in [5, 5.41) is 10.0. The van der Waals surface area contributed by atoms with Crippen LogP contribution in [0.4, 0.5) is 13.2 Å². The van der Waals surface area contributed by atoms with Gasteiger partial charge in [0.1, 0.15) is 17.5 Å². The van der Waals surface area contributed by atoms with E-state index in [9.17, 15) is 18.3 Å². The minimum atomic E-state index is -1.39. The first-order valence-corrected chi connectivity index (χ1v) is 5.92. The molecule has 2 rings (SSSR count). The van der Waals surface area contributed by atoms with Gasteiger partial charge in [-0.25, -0.2) is 13.2 Å². The highest BCUT2D eigenvalue weighted by Crippen LogP contribution is 2.27. The first-order chi connectivity index (χ1) is 8.99. The van der Waals surface area contributed by atoms with Crippen LogP contribution in [-0.4, -0.2) is 5.11 Å². The lowest BCUT2D eigenvalue weighted by atomic mass is 10.0. The minimum Gasteiger partial charge on any atom is -0.388 e. The average Bonchev–Trinajstić information content (AvgIpc) is 2.32. The van der Waals surface area contributed by atoms with Crippen LogP contribution in [-0.2, 0) is 6.42 Å². The second kappa shape index (κ2) is 5.63. The fourth-order valence-electron chi connectivity index (χ4n) is 1.83. The number of halogens is 4. The Bertz CT molecular complexity index is 581. The molecule has 0 heterocycles. The quantitative estimate of drug-likeness (QED) is 0.903. The zero-order chi connectivity index (χ0) is 14.0. The Labute approximate surface area is 113 Å². The molecule has 0 saturated carbocycles. The Morgan fingerprint density at radius 1 is 1.05 bits per heavy atom. The Morgan fingerprint density at radius 3 is 2.26 bits per heavy atom. The number of hydrogen-bond donors (Lipinski definition) is 1. The number of benzene rings is 2. The molecule has 0 aromatic heterocycles. The lowest BCUT2D eigenvalue weighted by Crippen LogP contribution is -2.07. The van der Waals surface area contributed by atoms with Gasteiger partial charge in [0, 0.05) is 11.4 Å². The van der Waals surface area contributed by atoms with Crippen molar-refractivity contribution in [3.63, 3.8) is 0 Å². The molecule has 0 bridgehead atoms. The third kappa shape index (κ3) is 3.08. The summed E-state index contributed by atoms with van der Waals surface area (Å²) in [4.78, 5) is 0. The Kier molecular flexibility index (Phi) is 4.12. The van der Waals surface area contributed by atoms with Gasteiger partial charge in [0.05, 0.1) is 11.7 Å². The average molecular weight is 287 g/mol. The molecule has 1 atom stereocenters. The molecule has 5 heteroatoms. The second-order valence-corrected chi connectivity index (χ2v) is 4.50. The molecule has 1 N–H and O–H groups in total. The molecule has 2 aromatic carbocycles. The van der Waals surface area contributed by atoms with Crippen LogP contribution in [0.5, 0.6) is 0 Å². The van der Waals surface area contributed by atoms with Gasteiger partial charge in [-0.3, -0.25) is 0 Å². The molecule has 0 aliphatic rings. The van der Waals surface area contributed by atoms with Gasteiger partial charge in [0.25, 0.3) is 0 Å². The summed E-state index contributed by atoms with van der Waals surface area (Å²) < 4.78 is 39.8. The predicted molar refractivity (Wildman–Crippen MR) is 66.4 cm³/mol. The predicted octanol–water partition coefficient (Wildman–Crippen LogP) is 4.03. The molecule has 0 amide bonds. The smallest absolute Gasteiger partial charge is 0.131 e. The lowest BCUT2D eigenvalue weighted by molar-refractivity contribution is 0.168. The van der Waals surface area contributed by atoms with Crippen LogP contribution < -0.4 is 0 Å². The van der Waals surface area contributed by atoms with Crippen LogP contribution in [0, 0.1) is 17.5 Å². The molecule has 0 fully saturated rings. The number of hydrogen-bond acceptors (Lipinski definition) is 1. The van der Waals surface area contributed by atoms with Gasteiger partial charge >= 0.3 is 0 Å². The van der Waals surface area contributed by atoms with E-state index in [1.807, 2.05) is 0 Å². The van der Waals surface area contributed by atoms with Gasteiger partial charge in [-0.1, -0.05) is 23.7 Å². The van der Waals surface area contributed by atoms with Gasteiger partial charge in [-0.15, -0.1) is 0 Å². The minimum absolute atomic E-state index is 0.100. The molecule has 0 radical (unpaired) electrons. The summed E-state index contributed by atoms with van der Waals surface area (Å²) in [6.07, 6.45) is -1.49. The van der Waals surface area contributed by atoms with E-state index in [1.165, 1.54) is 18.2 Å². The number of aliphatic hydroxyl groups excluding tert-OH is 1. The molecule has 0 spiro atoms. The van der Waals surface area contributed by atoms with E-state index in [4.69, 9.17) is 11.6 Å². The van der Waals surface area contributed by atoms with Crippen molar-refractivity contribution in [3.05, 3.63) is 70.0 Å². The molecular formula is C14H10ClF3O. The highest BCUT2D eigenvalue weighted by molar-refractivity contribution is 6.31. The van der Waals surface area contributed by atoms with E-state index < -0.39 is 29.1 Å². The van der Waals surface area contributed by atoms with Gasteiger partial charge in [-0.05, 0) is 29.8 Å². The maximum atomic E-state index is 13.5. The van der Waals surface area contributed by atoms with Crippen LogP contribution >= 0.6 is 11.6 Å². The van der Waals surface area contributed by atoms with E-state index in [0.29, 0.717) is 5.56 Å². The van der Waals surface area contributed by atoms with Crippen LogP contribution in [0.15, 0.2) is 36.4 Å². The van der Waals surface area contributed by atoms with Crippen molar-refractivity contribution in [1.29, 1.82) is 0 Å². The van der Waals surface area contributed by atoms with Gasteiger partial charge in [0.2, 0.25) is 0 Å². The zero-order valence-electron chi connectivity index (χ0n) is 9.71. The van der Waals surface area contributed by atoms with Crippen LogP contribution in [0.25, 0.3) is 0 Å². The molecular weight excluding hydrogens is 277 g/mol. The Hall–Kier alpha value is -1.52. The molecule has 0 aliphatic heterocycles. The summed E-state index contributed by atoms with van der Waals surface area (Å²) in [6, 6.07) is 6.97. The van der Waals surface area contributed by atoms with E-state index in [-0.39, 0.29) is 11.4 Å². The summed E-state index contributed by atoms with van der Waals surface area (Å²) in [7, 11) is 0. The van der Waals surface area contributed by atoms with E-state index in [2.05, 4.69) is 0 Å². The topological polar surface area (TPSA) is 20.2 Å². The van der Waals surface area contributed by atoms with Crippen molar-refractivity contribution in [2.45, 2.75) is 12.5 Å². The van der Waals surface area contributed by atoms with E-state index in [1.54, 1.807) is 0 Å². The van der Waals surface area contributed by atoms with Gasteiger partial charge in [-0.2, -0.15) is 0 Å². The molecule has 0 aliphatic carbocycles. The summed E-state index contributed by atoms with van der Waals surface area (Å²) in [6.45, 7) is 0. The first kappa shape index (κ1) is 13.9. The third-order valence-corrected chi connectivity index (χ3v) is 3.11. The highest BCUT2D eigenvalue weighted by Gasteiger charge is 2.19. The van der Waals surface area contributed by atoms with Crippen molar-refractivity contribution in [2.24, 2.45) is 0 Å². The van der Waals surface area contributed by atoms with Crippen molar-refractivity contribution in [2.75, 3.05) is 0 Å². The van der Waals surface area contributed by atoms with Crippen LogP contribution in [0.3, 0.4) is 0 Å². The summed E-state index contributed by atoms with van der Waals surface area (Å²) >= 11 is 5.80. The third-order valence-electron chi connectivity index (χ3n) is 2.76. The molecule has 1 nitrogen and oxygen atoms in total. The molecule has 2 aromatic rings. The summed E-state index contributed by atoms with van der Waals surface area (Å²) in [5.41, 5.74) is 0.00103.